The highest BCUT2D eigenvalue weighted by atomic mass is 16.2. The van der Waals surface area contributed by atoms with Crippen LogP contribution < -0.4 is 10.9 Å². The number of carbonyl (C=O) groups excluding carboxylic acids is 2. The van der Waals surface area contributed by atoms with E-state index >= 15 is 0 Å². The third-order valence-corrected chi connectivity index (χ3v) is 5.89. The Labute approximate surface area is 202 Å². The quantitative estimate of drug-likeness (QED) is 0.437. The normalized spacial score (nSPS) is 11.1. The van der Waals surface area contributed by atoms with Crippen molar-refractivity contribution in [1.29, 1.82) is 0 Å². The molecule has 2 heterocycles. The number of rotatable bonds is 6. The molecular weight excluding hydrogens is 444 g/mol. The van der Waals surface area contributed by atoms with Crippen molar-refractivity contribution in [2.75, 3.05) is 7.05 Å². The molecule has 0 fully saturated rings. The van der Waals surface area contributed by atoms with Crippen LogP contribution in [-0.2, 0) is 16.6 Å². The van der Waals surface area contributed by atoms with E-state index in [-0.39, 0.29) is 17.4 Å². The van der Waals surface area contributed by atoms with Crippen molar-refractivity contribution in [3.63, 3.8) is 0 Å². The number of para-hydroxylation sites is 1. The molecular formula is C26H26N6O3. The van der Waals surface area contributed by atoms with Crippen molar-refractivity contribution >= 4 is 39.3 Å². The zero-order chi connectivity index (χ0) is 25.4. The molecule has 0 aliphatic carbocycles. The molecule has 9 nitrogen and oxygen atoms in total. The molecule has 0 unspecified atom stereocenters. The van der Waals surface area contributed by atoms with Crippen LogP contribution >= 0.6 is 0 Å². The summed E-state index contributed by atoms with van der Waals surface area (Å²) in [5.74, 6) is -1.15. The second kappa shape index (κ2) is 9.02. The Kier molecular flexibility index (Phi) is 6.09. The van der Waals surface area contributed by atoms with Gasteiger partial charge in [0, 0.05) is 37.3 Å². The third kappa shape index (κ3) is 4.35. The number of aromatic nitrogens is 4. The van der Waals surface area contributed by atoms with Crippen LogP contribution in [-0.4, -0.2) is 49.1 Å². The lowest BCUT2D eigenvalue weighted by molar-refractivity contribution is -0.129. The largest absolute Gasteiger partial charge is 0.338 e. The number of amides is 2. The van der Waals surface area contributed by atoms with Crippen LogP contribution in [0.1, 0.15) is 13.8 Å². The van der Waals surface area contributed by atoms with Crippen molar-refractivity contribution in [3.8, 4) is 11.1 Å². The molecule has 0 radical (unpaired) electrons. The number of aryl methyl sites for hydroxylation is 1. The van der Waals surface area contributed by atoms with Gasteiger partial charge in [0.25, 0.3) is 17.4 Å². The Morgan fingerprint density at radius 2 is 1.89 bits per heavy atom. The second-order valence-corrected chi connectivity index (χ2v) is 8.59. The zero-order valence-corrected chi connectivity index (χ0v) is 20.1. The van der Waals surface area contributed by atoms with Crippen LogP contribution in [0.3, 0.4) is 0 Å². The Morgan fingerprint density at radius 1 is 1.14 bits per heavy atom. The molecule has 0 aliphatic rings. The maximum atomic E-state index is 13.3. The summed E-state index contributed by atoms with van der Waals surface area (Å²) in [6.45, 7) is 11.1. The molecule has 0 saturated heterocycles. The summed E-state index contributed by atoms with van der Waals surface area (Å²) in [6.07, 6.45) is 3.19. The maximum absolute atomic E-state index is 13.3. The van der Waals surface area contributed by atoms with Crippen LogP contribution in [0.25, 0.3) is 38.6 Å². The lowest BCUT2D eigenvalue weighted by atomic mass is 10.0. The molecule has 2 aromatic carbocycles. The van der Waals surface area contributed by atoms with Gasteiger partial charge in [0.2, 0.25) is 0 Å². The van der Waals surface area contributed by atoms with Gasteiger partial charge >= 0.3 is 0 Å². The van der Waals surface area contributed by atoms with Crippen LogP contribution in [0.15, 0.2) is 72.6 Å². The molecule has 4 rings (SSSR count). The van der Waals surface area contributed by atoms with Crippen molar-refractivity contribution in [2.45, 2.75) is 19.9 Å². The minimum absolute atomic E-state index is 0.0701. The number of hydrogen-bond acceptors (Lipinski definition) is 5. The molecule has 0 spiro atoms. The minimum atomic E-state index is -0.722. The highest BCUT2D eigenvalue weighted by Crippen LogP contribution is 2.28. The molecule has 1 N–H and O–H groups in total. The number of benzene rings is 2. The summed E-state index contributed by atoms with van der Waals surface area (Å²) < 4.78 is 2.81. The molecule has 0 aliphatic heterocycles. The fourth-order valence-corrected chi connectivity index (χ4v) is 3.70. The first kappa shape index (κ1) is 23.6. The van der Waals surface area contributed by atoms with E-state index in [4.69, 9.17) is 0 Å². The molecule has 0 atom stereocenters. The van der Waals surface area contributed by atoms with E-state index in [1.807, 2.05) is 51.4 Å². The highest BCUT2D eigenvalue weighted by molar-refractivity contribution is 6.15. The SMILES string of the molecule is C=C(NC(=O)C(=C)n1cnc2c(-c3ccc4cn(C)nc4c3)cccc2c1=O)C(=O)N(C)C(C)C. The summed E-state index contributed by atoms with van der Waals surface area (Å²) in [5.41, 5.74) is 2.23. The van der Waals surface area contributed by atoms with E-state index in [9.17, 15) is 14.4 Å². The summed E-state index contributed by atoms with van der Waals surface area (Å²) in [6, 6.07) is 11.1. The van der Waals surface area contributed by atoms with Crippen molar-refractivity contribution in [1.82, 2.24) is 29.5 Å². The Bertz CT molecular complexity index is 1580. The van der Waals surface area contributed by atoms with Crippen molar-refractivity contribution < 1.29 is 9.59 Å². The predicted molar refractivity (Wildman–Crippen MR) is 136 cm³/mol. The smallest absolute Gasteiger partial charge is 0.272 e. The number of nitrogens with one attached hydrogen (secondary N) is 1. The maximum Gasteiger partial charge on any atom is 0.272 e. The molecule has 2 aromatic heterocycles. The van der Waals surface area contributed by atoms with Gasteiger partial charge in [0.1, 0.15) is 12.0 Å². The van der Waals surface area contributed by atoms with E-state index in [1.165, 1.54) is 11.2 Å². The summed E-state index contributed by atoms with van der Waals surface area (Å²) >= 11 is 0. The Hall–Kier alpha value is -4.53. The average Bonchev–Trinajstić information content (AvgIpc) is 3.21. The first-order chi connectivity index (χ1) is 16.6. The number of fused-ring (bicyclic) bond motifs is 2. The highest BCUT2D eigenvalue weighted by Gasteiger charge is 2.20. The molecule has 35 heavy (non-hydrogen) atoms. The standard InChI is InChI=1S/C26H26N6O3/c1-15(2)31(6)25(34)16(3)28-24(33)17(4)32-14-27-23-20(8-7-9-21(23)26(32)35)18-10-11-19-13-30(5)29-22(19)12-18/h7-15H,3-4H2,1-2,5-6H3,(H,28,33). The first-order valence-electron chi connectivity index (χ1n) is 11.0. The van der Waals surface area contributed by atoms with Gasteiger partial charge in [-0.25, -0.2) is 4.98 Å². The monoisotopic (exact) mass is 470 g/mol. The fraction of sp³-hybridized carbons (Fsp3) is 0.192. The van der Waals surface area contributed by atoms with Crippen LogP contribution in [0, 0.1) is 0 Å². The van der Waals surface area contributed by atoms with Crippen LogP contribution in [0.5, 0.6) is 0 Å². The average molecular weight is 471 g/mol. The summed E-state index contributed by atoms with van der Waals surface area (Å²) in [5, 5.41) is 8.21. The van der Waals surface area contributed by atoms with Gasteiger partial charge in [-0.3, -0.25) is 23.6 Å². The van der Waals surface area contributed by atoms with E-state index in [2.05, 4.69) is 28.6 Å². The van der Waals surface area contributed by atoms with Gasteiger partial charge in [-0.2, -0.15) is 5.10 Å². The first-order valence-corrected chi connectivity index (χ1v) is 11.0. The predicted octanol–water partition coefficient (Wildman–Crippen LogP) is 2.92. The van der Waals surface area contributed by atoms with Crippen LogP contribution in [0.4, 0.5) is 0 Å². The number of carbonyl (C=O) groups is 2. The van der Waals surface area contributed by atoms with E-state index in [1.54, 1.807) is 23.9 Å². The number of hydrogen-bond donors (Lipinski definition) is 1. The number of likely N-dealkylation sites (N-methyl/N-ethyl adjacent to an activating group) is 1. The lowest BCUT2D eigenvalue weighted by Crippen LogP contribution is -2.40. The molecule has 2 amide bonds. The second-order valence-electron chi connectivity index (χ2n) is 8.59. The fourth-order valence-electron chi connectivity index (χ4n) is 3.70. The molecule has 9 heteroatoms. The van der Waals surface area contributed by atoms with Crippen molar-refractivity contribution in [2.24, 2.45) is 7.05 Å². The third-order valence-electron chi connectivity index (χ3n) is 5.89. The van der Waals surface area contributed by atoms with Gasteiger partial charge in [0.15, 0.2) is 0 Å². The van der Waals surface area contributed by atoms with Gasteiger partial charge in [0.05, 0.1) is 22.1 Å². The van der Waals surface area contributed by atoms with Gasteiger partial charge in [-0.15, -0.1) is 0 Å². The Morgan fingerprint density at radius 3 is 2.60 bits per heavy atom. The Balaban J connectivity index is 1.66. The van der Waals surface area contributed by atoms with Crippen LogP contribution in [0.2, 0.25) is 0 Å². The van der Waals surface area contributed by atoms with Gasteiger partial charge in [-0.05, 0) is 31.5 Å². The van der Waals surface area contributed by atoms with Gasteiger partial charge in [-0.1, -0.05) is 37.4 Å². The topological polar surface area (TPSA) is 102 Å². The van der Waals surface area contributed by atoms with E-state index in [0.717, 1.165) is 26.6 Å². The minimum Gasteiger partial charge on any atom is -0.338 e. The zero-order valence-electron chi connectivity index (χ0n) is 20.1. The lowest BCUT2D eigenvalue weighted by Gasteiger charge is -2.22. The summed E-state index contributed by atoms with van der Waals surface area (Å²) in [7, 11) is 3.47. The van der Waals surface area contributed by atoms with E-state index < -0.39 is 17.4 Å². The van der Waals surface area contributed by atoms with Crippen molar-refractivity contribution in [3.05, 3.63) is 78.1 Å². The van der Waals surface area contributed by atoms with E-state index in [0.29, 0.717) is 10.9 Å². The molecule has 0 bridgehead atoms. The molecule has 4 aromatic rings. The summed E-state index contributed by atoms with van der Waals surface area (Å²) in [4.78, 5) is 44.3. The van der Waals surface area contributed by atoms with Gasteiger partial charge < -0.3 is 10.2 Å². The molecule has 0 saturated carbocycles. The number of nitrogens with zero attached hydrogens (tertiary/aromatic N) is 5. The molecule has 178 valence electrons.